The normalized spacial score (nSPS) is 23.3. The Balaban J connectivity index is 0. The molecule has 3 heteroatoms. The third kappa shape index (κ3) is 5.06. The van der Waals surface area contributed by atoms with Gasteiger partial charge in [-0.15, -0.1) is 26.0 Å². The zero-order valence-electron chi connectivity index (χ0n) is 14.1. The fraction of sp³-hybridized carbons (Fsp3) is 0.611. The first kappa shape index (κ1) is 21.8. The molecule has 1 amide bonds. The Morgan fingerprint density at radius 2 is 1.86 bits per heavy atom. The molecule has 3 atom stereocenters. The summed E-state index contributed by atoms with van der Waals surface area (Å²) in [5.41, 5.74) is 5.47. The highest BCUT2D eigenvalue weighted by atomic mass is 16.2. The third-order valence-electron chi connectivity index (χ3n) is 4.05. The van der Waals surface area contributed by atoms with Crippen molar-refractivity contribution in [1.82, 2.24) is 4.90 Å². The van der Waals surface area contributed by atoms with E-state index in [1.807, 2.05) is 31.7 Å². The molecule has 3 nitrogen and oxygen atoms in total. The SMILES string of the molecule is C#C.C=CC.C=CC(C)[C@@]1(C(=O)N(CC)CC)C[C@@H]1CN. The van der Waals surface area contributed by atoms with Gasteiger partial charge in [-0.2, -0.15) is 0 Å². The first-order chi connectivity index (χ1) is 9.99. The van der Waals surface area contributed by atoms with E-state index in [0.717, 1.165) is 19.5 Å². The van der Waals surface area contributed by atoms with Gasteiger partial charge in [0.25, 0.3) is 0 Å². The lowest BCUT2D eigenvalue weighted by molar-refractivity contribution is -0.138. The second-order valence-electron chi connectivity index (χ2n) is 5.09. The molecule has 0 bridgehead atoms. The molecule has 0 saturated heterocycles. The number of hydrogen-bond acceptors (Lipinski definition) is 2. The average molecular weight is 292 g/mol. The molecule has 0 aromatic carbocycles. The minimum Gasteiger partial charge on any atom is -0.343 e. The van der Waals surface area contributed by atoms with Crippen molar-refractivity contribution in [3.8, 4) is 12.8 Å². The summed E-state index contributed by atoms with van der Waals surface area (Å²) in [5.74, 6) is 0.822. The monoisotopic (exact) mass is 292 g/mol. The van der Waals surface area contributed by atoms with Gasteiger partial charge in [0.2, 0.25) is 5.91 Å². The standard InChI is InChI=1S/C13H24N2O.C3H6.C2H2/c1-5-10(4)13(8-11(13)9-14)12(16)15(6-2)7-3;1-3-2;1-2/h5,10-11H,1,6-9,14H2,2-4H3;3H,1H2,2H3;1-2H/t10?,11-,13+;;/m1../s1. The molecular formula is C18H32N2O. The highest BCUT2D eigenvalue weighted by molar-refractivity contribution is 5.86. The lowest BCUT2D eigenvalue weighted by Crippen LogP contribution is -2.41. The number of carbonyl (C=O) groups excluding carboxylic acids is 1. The number of nitrogens with two attached hydrogens (primary N) is 1. The molecular weight excluding hydrogens is 260 g/mol. The second-order valence-corrected chi connectivity index (χ2v) is 5.09. The van der Waals surface area contributed by atoms with Crippen molar-refractivity contribution < 1.29 is 4.79 Å². The number of hydrogen-bond donors (Lipinski definition) is 1. The zero-order chi connectivity index (χ0) is 17.1. The van der Waals surface area contributed by atoms with E-state index in [-0.39, 0.29) is 17.2 Å². The van der Waals surface area contributed by atoms with Gasteiger partial charge in [0.1, 0.15) is 0 Å². The Hall–Kier alpha value is -1.53. The number of amides is 1. The molecule has 0 aromatic rings. The van der Waals surface area contributed by atoms with Crippen LogP contribution in [0.15, 0.2) is 25.3 Å². The Morgan fingerprint density at radius 3 is 2.10 bits per heavy atom. The van der Waals surface area contributed by atoms with E-state index < -0.39 is 0 Å². The number of allylic oxidation sites excluding steroid dienone is 2. The van der Waals surface area contributed by atoms with Crippen LogP contribution in [0.4, 0.5) is 0 Å². The average Bonchev–Trinajstić information content (AvgIpc) is 3.26. The Kier molecular flexibility index (Phi) is 11.6. The van der Waals surface area contributed by atoms with Crippen LogP contribution in [0.1, 0.15) is 34.1 Å². The largest absolute Gasteiger partial charge is 0.343 e. The van der Waals surface area contributed by atoms with Crippen LogP contribution in [-0.4, -0.2) is 30.4 Å². The first-order valence-corrected chi connectivity index (χ1v) is 7.52. The Labute approximate surface area is 131 Å². The van der Waals surface area contributed by atoms with Crippen LogP contribution in [0.25, 0.3) is 0 Å². The predicted molar refractivity (Wildman–Crippen MR) is 92.6 cm³/mol. The van der Waals surface area contributed by atoms with Gasteiger partial charge in [-0.25, -0.2) is 0 Å². The fourth-order valence-corrected chi connectivity index (χ4v) is 2.67. The Bertz CT molecular complexity index is 344. The maximum absolute atomic E-state index is 12.5. The predicted octanol–water partition coefficient (Wildman–Crippen LogP) is 3.08. The minimum absolute atomic E-state index is 0.217. The lowest BCUT2D eigenvalue weighted by Gasteiger charge is -2.28. The molecule has 1 unspecified atom stereocenters. The zero-order valence-corrected chi connectivity index (χ0v) is 14.1. The lowest BCUT2D eigenvalue weighted by atomic mass is 9.86. The first-order valence-electron chi connectivity index (χ1n) is 7.52. The summed E-state index contributed by atoms with van der Waals surface area (Å²) in [4.78, 5) is 14.4. The van der Waals surface area contributed by atoms with Gasteiger partial charge < -0.3 is 10.6 Å². The van der Waals surface area contributed by atoms with Crippen molar-refractivity contribution in [2.75, 3.05) is 19.6 Å². The van der Waals surface area contributed by atoms with E-state index in [1.54, 1.807) is 6.08 Å². The summed E-state index contributed by atoms with van der Waals surface area (Å²) in [7, 11) is 0. The van der Waals surface area contributed by atoms with E-state index in [2.05, 4.69) is 32.9 Å². The molecule has 0 heterocycles. The molecule has 0 spiro atoms. The molecule has 0 aromatic heterocycles. The highest BCUT2D eigenvalue weighted by Crippen LogP contribution is 2.58. The quantitative estimate of drug-likeness (QED) is 0.604. The van der Waals surface area contributed by atoms with Crippen LogP contribution in [0.5, 0.6) is 0 Å². The third-order valence-corrected chi connectivity index (χ3v) is 4.05. The van der Waals surface area contributed by atoms with E-state index >= 15 is 0 Å². The van der Waals surface area contributed by atoms with Gasteiger partial charge in [0, 0.05) is 13.1 Å². The molecule has 1 aliphatic rings. The number of nitrogens with zero attached hydrogens (tertiary/aromatic N) is 1. The van der Waals surface area contributed by atoms with Gasteiger partial charge in [-0.1, -0.05) is 19.1 Å². The number of carbonyl (C=O) groups is 1. The summed E-state index contributed by atoms with van der Waals surface area (Å²) in [5, 5.41) is 0. The fourth-order valence-electron chi connectivity index (χ4n) is 2.67. The van der Waals surface area contributed by atoms with Crippen molar-refractivity contribution in [1.29, 1.82) is 0 Å². The van der Waals surface area contributed by atoms with Crippen LogP contribution >= 0.6 is 0 Å². The molecule has 1 aliphatic carbocycles. The van der Waals surface area contributed by atoms with E-state index in [4.69, 9.17) is 5.73 Å². The van der Waals surface area contributed by atoms with Crippen LogP contribution in [-0.2, 0) is 4.79 Å². The van der Waals surface area contributed by atoms with E-state index in [1.165, 1.54) is 0 Å². The molecule has 1 saturated carbocycles. The molecule has 120 valence electrons. The summed E-state index contributed by atoms with van der Waals surface area (Å²) < 4.78 is 0. The van der Waals surface area contributed by atoms with Crippen molar-refractivity contribution >= 4 is 5.91 Å². The van der Waals surface area contributed by atoms with Gasteiger partial charge in [0.05, 0.1) is 5.41 Å². The highest BCUT2D eigenvalue weighted by Gasteiger charge is 2.62. The van der Waals surface area contributed by atoms with Crippen molar-refractivity contribution in [3.63, 3.8) is 0 Å². The van der Waals surface area contributed by atoms with Crippen LogP contribution < -0.4 is 5.73 Å². The van der Waals surface area contributed by atoms with Gasteiger partial charge in [-0.3, -0.25) is 4.79 Å². The van der Waals surface area contributed by atoms with Crippen molar-refractivity contribution in [2.45, 2.75) is 34.1 Å². The molecule has 0 aliphatic heterocycles. The second kappa shape index (κ2) is 11.2. The van der Waals surface area contributed by atoms with Crippen LogP contribution in [0.2, 0.25) is 0 Å². The van der Waals surface area contributed by atoms with Gasteiger partial charge in [0.15, 0.2) is 0 Å². The summed E-state index contributed by atoms with van der Waals surface area (Å²) in [6.45, 7) is 17.3. The summed E-state index contributed by atoms with van der Waals surface area (Å²) >= 11 is 0. The molecule has 21 heavy (non-hydrogen) atoms. The number of rotatable bonds is 6. The maximum Gasteiger partial charge on any atom is 0.229 e. The molecule has 1 fully saturated rings. The maximum atomic E-state index is 12.5. The molecule has 2 N–H and O–H groups in total. The van der Waals surface area contributed by atoms with Crippen molar-refractivity contribution in [3.05, 3.63) is 25.3 Å². The van der Waals surface area contributed by atoms with Crippen molar-refractivity contribution in [2.24, 2.45) is 23.0 Å². The topological polar surface area (TPSA) is 46.3 Å². The number of terminal acetylenes is 1. The van der Waals surface area contributed by atoms with E-state index in [0.29, 0.717) is 12.5 Å². The molecule has 1 rings (SSSR count). The summed E-state index contributed by atoms with van der Waals surface area (Å²) in [6.07, 6.45) is 12.6. The smallest absolute Gasteiger partial charge is 0.229 e. The minimum atomic E-state index is -0.247. The molecule has 0 radical (unpaired) electrons. The van der Waals surface area contributed by atoms with Crippen LogP contribution in [0, 0.1) is 30.1 Å². The van der Waals surface area contributed by atoms with Gasteiger partial charge in [-0.05, 0) is 45.6 Å². The Morgan fingerprint density at radius 1 is 1.43 bits per heavy atom. The van der Waals surface area contributed by atoms with E-state index in [9.17, 15) is 4.79 Å². The summed E-state index contributed by atoms with van der Waals surface area (Å²) in [6, 6.07) is 0. The van der Waals surface area contributed by atoms with Crippen LogP contribution in [0.3, 0.4) is 0 Å². The van der Waals surface area contributed by atoms with Gasteiger partial charge >= 0.3 is 0 Å².